The highest BCUT2D eigenvalue weighted by molar-refractivity contribution is 7.14. The molecule has 0 bridgehead atoms. The fourth-order valence-electron chi connectivity index (χ4n) is 3.30. The number of carbonyl (C=O) groups is 3. The number of hydrogen-bond acceptors (Lipinski definition) is 6. The van der Waals surface area contributed by atoms with Crippen molar-refractivity contribution in [1.29, 1.82) is 0 Å². The first-order valence-electron chi connectivity index (χ1n) is 7.50. The van der Waals surface area contributed by atoms with Gasteiger partial charge in [-0.3, -0.25) is 9.59 Å². The summed E-state index contributed by atoms with van der Waals surface area (Å²) in [5, 5.41) is 19.4. The Labute approximate surface area is 147 Å². The number of aliphatic hydroxyl groups excluding tert-OH is 1. The van der Waals surface area contributed by atoms with Crippen molar-refractivity contribution in [3.8, 4) is 11.8 Å². The zero-order valence-corrected chi connectivity index (χ0v) is 14.2. The number of hydrogen-bond donors (Lipinski definition) is 3. The van der Waals surface area contributed by atoms with Crippen molar-refractivity contribution in [2.45, 2.75) is 26.0 Å². The van der Waals surface area contributed by atoms with Crippen LogP contribution in [0.15, 0.2) is 17.5 Å². The molecule has 0 aromatic carbocycles. The zero-order valence-electron chi connectivity index (χ0n) is 13.4. The quantitative estimate of drug-likeness (QED) is 0.504. The average Bonchev–Trinajstić information content (AvgIpc) is 3.07. The van der Waals surface area contributed by atoms with Gasteiger partial charge in [0.1, 0.15) is 5.70 Å². The summed E-state index contributed by atoms with van der Waals surface area (Å²) in [6.07, 6.45) is 0.523. The number of amides is 2. The first-order valence-corrected chi connectivity index (χ1v) is 8.32. The van der Waals surface area contributed by atoms with E-state index < -0.39 is 35.8 Å². The number of nitrogens with two attached hydrogens (primary N) is 1. The fraction of sp³-hybridized carbons (Fsp3) is 0.375. The van der Waals surface area contributed by atoms with E-state index in [1.165, 1.54) is 18.0 Å². The van der Waals surface area contributed by atoms with Gasteiger partial charge in [0.05, 0.1) is 29.1 Å². The standard InChI is InChI=1S/C16H15N3O5S/c1-6-9(4-3-8-5-18-14(25-8)13(17)21)12(16(23)24)19-11(6)10(7(2)20)15(19)22/h5-7,10-11,20H,1-2H3,(H2,17,21)(H,23,24)/t6-,7+,10+,11+/m0/s1. The lowest BCUT2D eigenvalue weighted by Crippen LogP contribution is -2.63. The van der Waals surface area contributed by atoms with Gasteiger partial charge in [-0.1, -0.05) is 12.8 Å². The van der Waals surface area contributed by atoms with Crippen LogP contribution in [0.4, 0.5) is 0 Å². The summed E-state index contributed by atoms with van der Waals surface area (Å²) < 4.78 is 0. The highest BCUT2D eigenvalue weighted by atomic mass is 32.1. The van der Waals surface area contributed by atoms with Crippen LogP contribution in [0.2, 0.25) is 0 Å². The summed E-state index contributed by atoms with van der Waals surface area (Å²) in [7, 11) is 0. The number of fused-ring (bicyclic) bond motifs is 1. The van der Waals surface area contributed by atoms with E-state index in [2.05, 4.69) is 16.8 Å². The molecule has 2 aliphatic heterocycles. The molecule has 1 aromatic heterocycles. The molecule has 4 atom stereocenters. The first-order chi connectivity index (χ1) is 11.7. The molecular weight excluding hydrogens is 346 g/mol. The van der Waals surface area contributed by atoms with Crippen LogP contribution in [0.25, 0.3) is 0 Å². The van der Waals surface area contributed by atoms with Crippen LogP contribution < -0.4 is 5.73 Å². The molecule has 0 aliphatic carbocycles. The van der Waals surface area contributed by atoms with Crippen molar-refractivity contribution >= 4 is 29.1 Å². The van der Waals surface area contributed by atoms with E-state index in [4.69, 9.17) is 5.73 Å². The molecule has 1 fully saturated rings. The second-order valence-corrected chi connectivity index (χ2v) is 7.00. The molecule has 3 heterocycles. The number of carboxylic acid groups (broad SMARTS) is 1. The summed E-state index contributed by atoms with van der Waals surface area (Å²) in [6.45, 7) is 3.29. The molecule has 4 N–H and O–H groups in total. The van der Waals surface area contributed by atoms with Crippen LogP contribution in [0, 0.1) is 23.7 Å². The van der Waals surface area contributed by atoms with Crippen LogP contribution in [-0.4, -0.2) is 50.0 Å². The number of carboxylic acids is 1. The van der Waals surface area contributed by atoms with Crippen molar-refractivity contribution in [2.75, 3.05) is 0 Å². The smallest absolute Gasteiger partial charge is 0.353 e. The van der Waals surface area contributed by atoms with E-state index in [1.54, 1.807) is 6.92 Å². The number of aromatic nitrogens is 1. The molecule has 2 aliphatic rings. The molecule has 1 saturated heterocycles. The maximum absolute atomic E-state index is 12.2. The van der Waals surface area contributed by atoms with Gasteiger partial charge in [-0.2, -0.15) is 0 Å². The maximum Gasteiger partial charge on any atom is 0.353 e. The molecule has 0 unspecified atom stereocenters. The number of aliphatic carboxylic acids is 1. The average molecular weight is 361 g/mol. The van der Waals surface area contributed by atoms with E-state index in [0.717, 1.165) is 11.3 Å². The zero-order chi connectivity index (χ0) is 18.5. The van der Waals surface area contributed by atoms with Gasteiger partial charge in [0.2, 0.25) is 5.91 Å². The summed E-state index contributed by atoms with van der Waals surface area (Å²) in [5.41, 5.74) is 5.31. The molecular formula is C16H15N3O5S. The van der Waals surface area contributed by atoms with Crippen molar-refractivity contribution in [3.05, 3.63) is 27.4 Å². The number of carbonyl (C=O) groups excluding carboxylic acids is 2. The predicted octanol–water partition coefficient (Wildman–Crippen LogP) is -0.210. The minimum absolute atomic E-state index is 0.115. The Morgan fingerprint density at radius 2 is 2.12 bits per heavy atom. The Morgan fingerprint density at radius 3 is 2.64 bits per heavy atom. The minimum Gasteiger partial charge on any atom is -0.477 e. The summed E-state index contributed by atoms with van der Waals surface area (Å²) in [4.78, 5) is 40.4. The van der Waals surface area contributed by atoms with Gasteiger partial charge >= 0.3 is 5.97 Å². The molecule has 25 heavy (non-hydrogen) atoms. The molecule has 3 rings (SSSR count). The van der Waals surface area contributed by atoms with Crippen LogP contribution in [0.3, 0.4) is 0 Å². The third kappa shape index (κ3) is 2.59. The molecule has 0 saturated carbocycles. The first kappa shape index (κ1) is 17.1. The minimum atomic E-state index is -1.24. The van der Waals surface area contributed by atoms with Gasteiger partial charge in [-0.25, -0.2) is 9.78 Å². The number of rotatable bonds is 3. The highest BCUT2D eigenvalue weighted by Crippen LogP contribution is 2.46. The monoisotopic (exact) mass is 361 g/mol. The van der Waals surface area contributed by atoms with Crippen molar-refractivity contribution in [2.24, 2.45) is 17.6 Å². The molecule has 0 radical (unpaired) electrons. The van der Waals surface area contributed by atoms with Crippen LogP contribution in [-0.2, 0) is 9.59 Å². The molecule has 0 spiro atoms. The Kier molecular flexibility index (Phi) is 4.10. The van der Waals surface area contributed by atoms with Gasteiger partial charge in [-0.05, 0) is 12.8 Å². The molecule has 8 nitrogen and oxygen atoms in total. The SMILES string of the molecule is C[C@@H](O)[C@H]1C(=O)N2C(C(=O)O)=C(C#Cc3cnc(C(N)=O)s3)[C@H](C)[C@H]12. The lowest BCUT2D eigenvalue weighted by Gasteiger charge is -2.46. The molecule has 1 aromatic rings. The highest BCUT2D eigenvalue weighted by Gasteiger charge is 2.59. The van der Waals surface area contributed by atoms with Gasteiger partial charge in [0, 0.05) is 11.5 Å². The normalized spacial score (nSPS) is 25.8. The number of aliphatic hydroxyl groups is 1. The van der Waals surface area contributed by atoms with E-state index >= 15 is 0 Å². The van der Waals surface area contributed by atoms with Gasteiger partial charge in [-0.15, -0.1) is 11.3 Å². The van der Waals surface area contributed by atoms with Crippen LogP contribution in [0.5, 0.6) is 0 Å². The largest absolute Gasteiger partial charge is 0.477 e. The van der Waals surface area contributed by atoms with E-state index in [9.17, 15) is 24.6 Å². The summed E-state index contributed by atoms with van der Waals surface area (Å²) in [5.74, 6) is 2.33. The molecule has 2 amide bonds. The van der Waals surface area contributed by atoms with Gasteiger partial charge in [0.15, 0.2) is 5.01 Å². The number of thiazole rings is 1. The third-order valence-electron chi connectivity index (χ3n) is 4.41. The van der Waals surface area contributed by atoms with Crippen molar-refractivity contribution in [1.82, 2.24) is 9.88 Å². The molecule has 130 valence electrons. The van der Waals surface area contributed by atoms with Crippen LogP contribution >= 0.6 is 11.3 Å². The number of nitrogens with zero attached hydrogens (tertiary/aromatic N) is 2. The lowest BCUT2D eigenvalue weighted by atomic mass is 9.78. The van der Waals surface area contributed by atoms with Crippen molar-refractivity contribution in [3.63, 3.8) is 0 Å². The van der Waals surface area contributed by atoms with E-state index in [1.807, 2.05) is 0 Å². The maximum atomic E-state index is 12.2. The van der Waals surface area contributed by atoms with Crippen molar-refractivity contribution < 1.29 is 24.6 Å². The number of primary amides is 1. The Bertz CT molecular complexity index is 876. The summed E-state index contributed by atoms with van der Waals surface area (Å²) >= 11 is 1.01. The van der Waals surface area contributed by atoms with Gasteiger partial charge in [0.25, 0.3) is 5.91 Å². The predicted molar refractivity (Wildman–Crippen MR) is 87.1 cm³/mol. The fourth-order valence-corrected chi connectivity index (χ4v) is 3.92. The Hall–Kier alpha value is -2.70. The second-order valence-electron chi connectivity index (χ2n) is 5.97. The topological polar surface area (TPSA) is 134 Å². The van der Waals surface area contributed by atoms with Gasteiger partial charge < -0.3 is 20.8 Å². The van der Waals surface area contributed by atoms with E-state index in [-0.39, 0.29) is 16.6 Å². The Balaban J connectivity index is 1.97. The summed E-state index contributed by atoms with van der Waals surface area (Å²) in [6, 6.07) is -0.412. The lowest BCUT2D eigenvalue weighted by molar-refractivity contribution is -0.163. The van der Waals surface area contributed by atoms with Crippen LogP contribution in [0.1, 0.15) is 28.5 Å². The second kappa shape index (κ2) is 5.98. The molecule has 9 heteroatoms. The van der Waals surface area contributed by atoms with E-state index in [0.29, 0.717) is 10.5 Å². The number of β-lactam (4-membered cyclic amide) rings is 1. The third-order valence-corrected chi connectivity index (χ3v) is 5.34. The Morgan fingerprint density at radius 1 is 1.44 bits per heavy atom.